The molecule has 2 aromatic heterocycles. The molecule has 5 rings (SSSR count). The van der Waals surface area contributed by atoms with Crippen molar-refractivity contribution in [2.75, 3.05) is 26.2 Å². The second-order valence-corrected chi connectivity index (χ2v) is 9.50. The molecule has 4 aromatic rings. The molecule has 0 spiro atoms. The summed E-state index contributed by atoms with van der Waals surface area (Å²) in [5.74, 6) is -0.357. The number of hydrogen-bond donors (Lipinski definition) is 1. The second kappa shape index (κ2) is 10.6. The topological polar surface area (TPSA) is 75.6 Å². The van der Waals surface area contributed by atoms with Crippen LogP contribution >= 0.6 is 0 Å². The zero-order valence-electron chi connectivity index (χ0n) is 21.1. The van der Waals surface area contributed by atoms with Crippen LogP contribution in [0.3, 0.4) is 0 Å². The summed E-state index contributed by atoms with van der Waals surface area (Å²) in [6, 6.07) is 16.7. The predicted octanol–water partition coefficient (Wildman–Crippen LogP) is 4.96. The maximum atomic E-state index is 12.2. The number of rotatable bonds is 8. The summed E-state index contributed by atoms with van der Waals surface area (Å²) in [6.45, 7) is 9.00. The summed E-state index contributed by atoms with van der Waals surface area (Å²) in [6.07, 6.45) is 7.06. The molecule has 1 aliphatic rings. The lowest BCUT2D eigenvalue weighted by Crippen LogP contribution is -2.47. The van der Waals surface area contributed by atoms with Crippen molar-refractivity contribution in [3.05, 3.63) is 101 Å². The molecule has 1 aliphatic heterocycles. The summed E-state index contributed by atoms with van der Waals surface area (Å²) in [5.41, 5.74) is 13.4. The first kappa shape index (κ1) is 24.2. The third-order valence-electron chi connectivity index (χ3n) is 7.45. The molecular formula is C30H34N4O2. The van der Waals surface area contributed by atoms with E-state index >= 15 is 0 Å². The Morgan fingerprint density at radius 1 is 0.972 bits per heavy atom. The van der Waals surface area contributed by atoms with Crippen LogP contribution in [-0.4, -0.2) is 46.9 Å². The first-order chi connectivity index (χ1) is 17.6. The van der Waals surface area contributed by atoms with E-state index in [4.69, 9.17) is 15.1 Å². The van der Waals surface area contributed by atoms with Crippen LogP contribution in [0.2, 0.25) is 0 Å². The smallest absolute Gasteiger partial charge is 0.248 e. The van der Waals surface area contributed by atoms with Crippen LogP contribution in [0.25, 0.3) is 10.9 Å². The molecule has 0 bridgehead atoms. The fourth-order valence-corrected chi connectivity index (χ4v) is 5.75. The molecule has 3 heterocycles. The highest BCUT2D eigenvalue weighted by Gasteiger charge is 2.30. The van der Waals surface area contributed by atoms with Gasteiger partial charge in [0.1, 0.15) is 0 Å². The van der Waals surface area contributed by atoms with E-state index in [1.54, 1.807) is 6.26 Å². The van der Waals surface area contributed by atoms with Gasteiger partial charge in [0.15, 0.2) is 0 Å². The largest absolute Gasteiger partial charge is 0.472 e. The highest BCUT2D eigenvalue weighted by atomic mass is 16.3. The van der Waals surface area contributed by atoms with Crippen molar-refractivity contribution in [2.45, 2.75) is 39.3 Å². The average Bonchev–Trinajstić information content (AvgIpc) is 3.42. The maximum absolute atomic E-state index is 12.2. The molecule has 2 N–H and O–H groups in total. The third-order valence-corrected chi connectivity index (χ3v) is 7.45. The van der Waals surface area contributed by atoms with Crippen molar-refractivity contribution in [1.29, 1.82) is 0 Å². The van der Waals surface area contributed by atoms with Crippen LogP contribution in [0.4, 0.5) is 0 Å². The third kappa shape index (κ3) is 4.66. The number of carbonyl (C=O) groups is 1. The van der Waals surface area contributed by atoms with Gasteiger partial charge in [-0.15, -0.1) is 0 Å². The highest BCUT2D eigenvalue weighted by Crippen LogP contribution is 2.37. The van der Waals surface area contributed by atoms with Crippen molar-refractivity contribution in [3.63, 3.8) is 0 Å². The van der Waals surface area contributed by atoms with Gasteiger partial charge in [0.05, 0.1) is 24.1 Å². The molecule has 0 radical (unpaired) electrons. The number of hydrogen-bond acceptors (Lipinski definition) is 5. The number of nitrogens with zero attached hydrogens (tertiary/aromatic N) is 3. The molecule has 1 unspecified atom stereocenters. The maximum Gasteiger partial charge on any atom is 0.248 e. The van der Waals surface area contributed by atoms with Crippen LogP contribution in [0, 0.1) is 0 Å². The van der Waals surface area contributed by atoms with Crippen molar-refractivity contribution >= 4 is 16.8 Å². The Bertz CT molecular complexity index is 1340. The molecule has 0 aliphatic carbocycles. The van der Waals surface area contributed by atoms with Gasteiger partial charge in [-0.2, -0.15) is 0 Å². The van der Waals surface area contributed by atoms with E-state index in [0.717, 1.165) is 62.0 Å². The number of amides is 1. The van der Waals surface area contributed by atoms with Gasteiger partial charge < -0.3 is 10.2 Å². The average molecular weight is 483 g/mol. The molecule has 2 aromatic carbocycles. The summed E-state index contributed by atoms with van der Waals surface area (Å²) in [5, 5.41) is 1.14. The van der Waals surface area contributed by atoms with Crippen LogP contribution < -0.4 is 5.73 Å². The van der Waals surface area contributed by atoms with Crippen LogP contribution in [0.15, 0.2) is 71.7 Å². The Balaban J connectivity index is 1.58. The van der Waals surface area contributed by atoms with Crippen LogP contribution in [0.1, 0.15) is 58.1 Å². The molecular weight excluding hydrogens is 448 g/mol. The molecule has 1 amide bonds. The lowest BCUT2D eigenvalue weighted by Gasteiger charge is -2.40. The van der Waals surface area contributed by atoms with E-state index in [-0.39, 0.29) is 11.9 Å². The molecule has 1 fully saturated rings. The Hall–Kier alpha value is -3.48. The van der Waals surface area contributed by atoms with Gasteiger partial charge in [0.2, 0.25) is 5.91 Å². The van der Waals surface area contributed by atoms with E-state index in [0.29, 0.717) is 5.56 Å². The summed E-state index contributed by atoms with van der Waals surface area (Å²) in [4.78, 5) is 22.1. The molecule has 1 atom stereocenters. The van der Waals surface area contributed by atoms with Crippen molar-refractivity contribution in [2.24, 2.45) is 5.73 Å². The standard InChI is InChI=1S/C30H34N4O2/c1-3-23-24(4-2)26(30(31)35)11-10-25(23)29(27-9-5-7-22-8-6-13-32-28(22)27)34-16-14-33(15-17-34)19-21-12-18-36-20-21/h5-13,18,20,29H,3-4,14-17,19H2,1-2H3,(H2,31,35). The normalized spacial score (nSPS) is 15.8. The monoisotopic (exact) mass is 482 g/mol. The number of benzene rings is 2. The van der Waals surface area contributed by atoms with Gasteiger partial charge in [0.25, 0.3) is 0 Å². The van der Waals surface area contributed by atoms with E-state index < -0.39 is 0 Å². The van der Waals surface area contributed by atoms with E-state index in [2.05, 4.69) is 54.0 Å². The van der Waals surface area contributed by atoms with Gasteiger partial charge in [0, 0.05) is 61.0 Å². The first-order valence-electron chi connectivity index (χ1n) is 12.9. The van der Waals surface area contributed by atoms with Gasteiger partial charge in [-0.3, -0.25) is 19.6 Å². The number of nitrogens with two attached hydrogens (primary N) is 1. The number of piperazine rings is 1. The Morgan fingerprint density at radius 2 is 1.75 bits per heavy atom. The number of fused-ring (bicyclic) bond motifs is 1. The summed E-state index contributed by atoms with van der Waals surface area (Å²) < 4.78 is 5.27. The first-order valence-corrected chi connectivity index (χ1v) is 12.9. The number of carbonyl (C=O) groups excluding carboxylic acids is 1. The zero-order valence-corrected chi connectivity index (χ0v) is 21.1. The number of primary amides is 1. The van der Waals surface area contributed by atoms with E-state index in [9.17, 15) is 4.79 Å². The summed E-state index contributed by atoms with van der Waals surface area (Å²) >= 11 is 0. The van der Waals surface area contributed by atoms with Crippen LogP contribution in [0.5, 0.6) is 0 Å². The molecule has 6 heteroatoms. The second-order valence-electron chi connectivity index (χ2n) is 9.50. The Morgan fingerprint density at radius 3 is 2.44 bits per heavy atom. The predicted molar refractivity (Wildman–Crippen MR) is 143 cm³/mol. The van der Waals surface area contributed by atoms with Crippen molar-refractivity contribution < 1.29 is 9.21 Å². The minimum atomic E-state index is -0.357. The summed E-state index contributed by atoms with van der Waals surface area (Å²) in [7, 11) is 0. The number of furan rings is 1. The lowest BCUT2D eigenvalue weighted by atomic mass is 9.85. The number of aromatic nitrogens is 1. The zero-order chi connectivity index (χ0) is 25.1. The number of para-hydroxylation sites is 1. The SMILES string of the molecule is CCc1c(C(N)=O)ccc(C(c2cccc3cccnc23)N2CCN(Cc3ccoc3)CC2)c1CC. The fraction of sp³-hybridized carbons (Fsp3) is 0.333. The number of pyridine rings is 1. The quantitative estimate of drug-likeness (QED) is 0.384. The van der Waals surface area contributed by atoms with Gasteiger partial charge in [-0.05, 0) is 47.7 Å². The Labute approximate surface area is 212 Å². The van der Waals surface area contributed by atoms with E-state index in [1.807, 2.05) is 30.7 Å². The van der Waals surface area contributed by atoms with Crippen molar-refractivity contribution in [3.8, 4) is 0 Å². The molecule has 6 nitrogen and oxygen atoms in total. The highest BCUT2D eigenvalue weighted by molar-refractivity contribution is 5.95. The van der Waals surface area contributed by atoms with E-state index in [1.165, 1.54) is 22.3 Å². The van der Waals surface area contributed by atoms with Gasteiger partial charge in [-0.25, -0.2) is 0 Å². The molecule has 0 saturated carbocycles. The molecule has 1 saturated heterocycles. The fourth-order valence-electron chi connectivity index (χ4n) is 5.75. The van der Waals surface area contributed by atoms with Crippen LogP contribution in [-0.2, 0) is 19.4 Å². The minimum absolute atomic E-state index is 0.0434. The lowest BCUT2D eigenvalue weighted by molar-refractivity contribution is 0.0998. The molecule has 36 heavy (non-hydrogen) atoms. The van der Waals surface area contributed by atoms with Crippen molar-refractivity contribution in [1.82, 2.24) is 14.8 Å². The molecule has 186 valence electrons. The minimum Gasteiger partial charge on any atom is -0.472 e. The van der Waals surface area contributed by atoms with Gasteiger partial charge >= 0.3 is 0 Å². The Kier molecular flexibility index (Phi) is 7.16. The van der Waals surface area contributed by atoms with Gasteiger partial charge in [-0.1, -0.05) is 44.2 Å².